The molecule has 1 aromatic carbocycles. The van der Waals surface area contributed by atoms with Gasteiger partial charge in [-0.3, -0.25) is 4.79 Å². The van der Waals surface area contributed by atoms with Crippen LogP contribution in [0.3, 0.4) is 0 Å². The molecule has 9 heteroatoms. The smallest absolute Gasteiger partial charge is 0.338 e. The molecule has 4 aromatic rings. The summed E-state index contributed by atoms with van der Waals surface area (Å²) >= 11 is 6.04. The highest BCUT2D eigenvalue weighted by molar-refractivity contribution is 6.28. The van der Waals surface area contributed by atoms with Crippen LogP contribution in [0.25, 0.3) is 22.2 Å². The van der Waals surface area contributed by atoms with Gasteiger partial charge in [-0.2, -0.15) is 4.98 Å². The second-order valence-electron chi connectivity index (χ2n) is 8.08. The van der Waals surface area contributed by atoms with E-state index in [2.05, 4.69) is 15.0 Å². The monoisotopic (exact) mass is 465 g/mol. The maximum absolute atomic E-state index is 12.3. The fourth-order valence-corrected chi connectivity index (χ4v) is 4.75. The van der Waals surface area contributed by atoms with Crippen LogP contribution in [0.15, 0.2) is 35.3 Å². The van der Waals surface area contributed by atoms with Crippen LogP contribution in [-0.4, -0.2) is 30.6 Å². The minimum atomic E-state index is -1.04. The second-order valence-corrected chi connectivity index (χ2v) is 8.41. The number of carbonyl (C=O) groups is 1. The normalized spacial score (nSPS) is 12.3. The molecular formula is C24H24ClN5O3. The lowest BCUT2D eigenvalue weighted by atomic mass is 9.93. The average molecular weight is 466 g/mol. The van der Waals surface area contributed by atoms with Gasteiger partial charge in [0.25, 0.3) is 5.56 Å². The first kappa shape index (κ1) is 22.7. The number of nitrogens with two attached hydrogens (primary N) is 1. The average Bonchev–Trinajstić information content (AvgIpc) is 3.04. The zero-order valence-electron chi connectivity index (χ0n) is 18.7. The van der Waals surface area contributed by atoms with E-state index in [1.807, 2.05) is 49.6 Å². The van der Waals surface area contributed by atoms with E-state index in [9.17, 15) is 14.7 Å². The number of hydrogen-bond donors (Lipinski definition) is 3. The Hall–Kier alpha value is -3.49. The van der Waals surface area contributed by atoms with Crippen molar-refractivity contribution >= 4 is 28.6 Å². The highest BCUT2D eigenvalue weighted by Gasteiger charge is 2.25. The molecule has 0 unspecified atom stereocenters. The highest BCUT2D eigenvalue weighted by atomic mass is 35.5. The van der Waals surface area contributed by atoms with Gasteiger partial charge in [-0.05, 0) is 62.1 Å². The van der Waals surface area contributed by atoms with Crippen LogP contribution in [0.2, 0.25) is 5.28 Å². The zero-order valence-corrected chi connectivity index (χ0v) is 19.5. The van der Waals surface area contributed by atoms with Crippen molar-refractivity contribution in [2.24, 2.45) is 5.73 Å². The van der Waals surface area contributed by atoms with Crippen LogP contribution in [0.1, 0.15) is 51.4 Å². The van der Waals surface area contributed by atoms with Crippen LogP contribution in [0.4, 0.5) is 0 Å². The Bertz CT molecular complexity index is 1470. The lowest BCUT2D eigenvalue weighted by Crippen LogP contribution is -2.20. The number of pyridine rings is 1. The van der Waals surface area contributed by atoms with E-state index in [0.29, 0.717) is 22.3 Å². The zero-order chi connectivity index (χ0) is 24.0. The highest BCUT2D eigenvalue weighted by Crippen LogP contribution is 2.34. The molecule has 0 amide bonds. The Labute approximate surface area is 195 Å². The third kappa shape index (κ3) is 3.71. The number of carboxylic acid groups (broad SMARTS) is 1. The number of benzene rings is 1. The van der Waals surface area contributed by atoms with Gasteiger partial charge in [0.15, 0.2) is 0 Å². The Kier molecular flexibility index (Phi) is 5.82. The maximum Gasteiger partial charge on any atom is 0.338 e. The molecule has 33 heavy (non-hydrogen) atoms. The molecule has 0 saturated carbocycles. The van der Waals surface area contributed by atoms with E-state index >= 15 is 0 Å². The lowest BCUT2D eigenvalue weighted by molar-refractivity contribution is 0.0698. The van der Waals surface area contributed by atoms with Gasteiger partial charge in [-0.15, -0.1) is 0 Å². The number of carboxylic acids is 1. The van der Waals surface area contributed by atoms with Gasteiger partial charge in [-0.25, -0.2) is 9.78 Å². The van der Waals surface area contributed by atoms with Gasteiger partial charge in [0.2, 0.25) is 5.28 Å². The number of nitrogens with one attached hydrogen (secondary N) is 1. The fourth-order valence-electron chi connectivity index (χ4n) is 4.62. The molecule has 3 heterocycles. The number of aromatic nitrogens is 4. The van der Waals surface area contributed by atoms with E-state index in [4.69, 9.17) is 17.3 Å². The van der Waals surface area contributed by atoms with Gasteiger partial charge < -0.3 is 20.4 Å². The van der Waals surface area contributed by atoms with E-state index in [-0.39, 0.29) is 29.0 Å². The van der Waals surface area contributed by atoms with Crippen molar-refractivity contribution in [3.8, 4) is 11.1 Å². The summed E-state index contributed by atoms with van der Waals surface area (Å²) in [4.78, 5) is 35.4. The second kappa shape index (κ2) is 8.46. The number of rotatable bonds is 5. The maximum atomic E-state index is 12.3. The molecule has 0 aliphatic carbocycles. The van der Waals surface area contributed by atoms with Crippen molar-refractivity contribution in [1.82, 2.24) is 19.5 Å². The molecule has 1 atom stereocenters. The number of aromatic amines is 1. The van der Waals surface area contributed by atoms with Crippen molar-refractivity contribution in [2.45, 2.75) is 40.3 Å². The minimum absolute atomic E-state index is 0.0490. The molecule has 4 rings (SSSR count). The van der Waals surface area contributed by atoms with Crippen molar-refractivity contribution in [3.05, 3.63) is 79.7 Å². The largest absolute Gasteiger partial charge is 0.478 e. The Morgan fingerprint density at radius 2 is 2.03 bits per heavy atom. The Morgan fingerprint density at radius 1 is 1.30 bits per heavy atom. The molecule has 3 aromatic heterocycles. The fraction of sp³-hybridized carbons (Fsp3) is 0.250. The van der Waals surface area contributed by atoms with Crippen LogP contribution < -0.4 is 11.3 Å². The van der Waals surface area contributed by atoms with Gasteiger partial charge in [-0.1, -0.05) is 18.2 Å². The molecule has 4 N–H and O–H groups in total. The molecule has 0 radical (unpaired) electrons. The van der Waals surface area contributed by atoms with Gasteiger partial charge in [0.05, 0.1) is 17.0 Å². The van der Waals surface area contributed by atoms with E-state index in [1.54, 1.807) is 6.92 Å². The predicted octanol–water partition coefficient (Wildman–Crippen LogP) is 4.13. The standard InChI is InChI=1S/C24H24ClN5O3/c1-11-17(9-26)22(31)28-12(2)19(11)16-7-5-6-15(8-16)13(3)30-14(4)20(23(32)33)18-10-27-24(25)29-21(18)30/h5-8,10,13H,9,26H2,1-4H3,(H,28,31)(H,32,33)/t13-/m1/s1. The quantitative estimate of drug-likeness (QED) is 0.380. The predicted molar refractivity (Wildman–Crippen MR) is 128 cm³/mol. The molecule has 0 spiro atoms. The number of H-pyrrole nitrogens is 1. The Balaban J connectivity index is 1.91. The van der Waals surface area contributed by atoms with Crippen LogP contribution >= 0.6 is 11.6 Å². The number of nitrogens with zero attached hydrogens (tertiary/aromatic N) is 3. The number of halogens is 1. The molecule has 8 nitrogen and oxygen atoms in total. The molecular weight excluding hydrogens is 442 g/mol. The van der Waals surface area contributed by atoms with E-state index in [1.165, 1.54) is 6.20 Å². The summed E-state index contributed by atoms with van der Waals surface area (Å²) in [7, 11) is 0. The van der Waals surface area contributed by atoms with Crippen molar-refractivity contribution < 1.29 is 9.90 Å². The third-order valence-electron chi connectivity index (χ3n) is 6.20. The molecule has 0 bridgehead atoms. The van der Waals surface area contributed by atoms with Crippen molar-refractivity contribution in [1.29, 1.82) is 0 Å². The van der Waals surface area contributed by atoms with E-state index in [0.717, 1.165) is 27.9 Å². The number of fused-ring (bicyclic) bond motifs is 1. The van der Waals surface area contributed by atoms with Gasteiger partial charge >= 0.3 is 5.97 Å². The summed E-state index contributed by atoms with van der Waals surface area (Å²) in [5.74, 6) is -1.04. The van der Waals surface area contributed by atoms with Gasteiger partial charge in [0.1, 0.15) is 5.65 Å². The number of hydrogen-bond acceptors (Lipinski definition) is 5. The topological polar surface area (TPSA) is 127 Å². The number of aromatic carboxylic acids is 1. The first-order valence-electron chi connectivity index (χ1n) is 10.4. The van der Waals surface area contributed by atoms with E-state index < -0.39 is 5.97 Å². The van der Waals surface area contributed by atoms with Crippen LogP contribution in [0, 0.1) is 20.8 Å². The molecule has 0 saturated heterocycles. The van der Waals surface area contributed by atoms with Gasteiger partial charge in [0, 0.05) is 35.3 Å². The summed E-state index contributed by atoms with van der Waals surface area (Å²) in [6.45, 7) is 7.64. The first-order chi connectivity index (χ1) is 15.6. The minimum Gasteiger partial charge on any atom is -0.478 e. The summed E-state index contributed by atoms with van der Waals surface area (Å²) in [5.41, 5.74) is 11.8. The lowest BCUT2D eigenvalue weighted by Gasteiger charge is -2.20. The first-order valence-corrected chi connectivity index (χ1v) is 10.8. The van der Waals surface area contributed by atoms with Crippen molar-refractivity contribution in [2.75, 3.05) is 0 Å². The summed E-state index contributed by atoms with van der Waals surface area (Å²) in [6.07, 6.45) is 1.45. The van der Waals surface area contributed by atoms with Crippen LogP contribution in [0.5, 0.6) is 0 Å². The number of aryl methyl sites for hydroxylation is 1. The summed E-state index contributed by atoms with van der Waals surface area (Å²) < 4.78 is 1.86. The Morgan fingerprint density at radius 3 is 2.70 bits per heavy atom. The third-order valence-corrected chi connectivity index (χ3v) is 6.38. The molecule has 0 aliphatic heterocycles. The molecule has 170 valence electrons. The SMILES string of the molecule is Cc1[nH]c(=O)c(CN)c(C)c1-c1cccc([C@@H](C)n2c(C)c(C(=O)O)c3cnc(Cl)nc32)c1. The molecule has 0 fully saturated rings. The summed E-state index contributed by atoms with van der Waals surface area (Å²) in [6, 6.07) is 7.68. The van der Waals surface area contributed by atoms with Crippen molar-refractivity contribution in [3.63, 3.8) is 0 Å². The molecule has 0 aliphatic rings. The summed E-state index contributed by atoms with van der Waals surface area (Å²) in [5, 5.41) is 10.3. The van der Waals surface area contributed by atoms with Crippen LogP contribution in [-0.2, 0) is 6.54 Å².